The van der Waals surface area contributed by atoms with Crippen molar-refractivity contribution in [3.63, 3.8) is 0 Å². The number of aromatic hydroxyl groups is 1. The number of methoxy groups -OCH3 is 1. The van der Waals surface area contributed by atoms with Crippen LogP contribution in [0, 0.1) is 0 Å². The van der Waals surface area contributed by atoms with Crippen LogP contribution in [0.25, 0.3) is 0 Å². The molecule has 0 spiro atoms. The highest BCUT2D eigenvalue weighted by Crippen LogP contribution is 2.33. The van der Waals surface area contributed by atoms with Gasteiger partial charge in [0.25, 0.3) is 0 Å². The van der Waals surface area contributed by atoms with E-state index < -0.39 is 16.1 Å². The molecular formula is C18H18N2O6S. The van der Waals surface area contributed by atoms with Gasteiger partial charge in [-0.15, -0.1) is 0 Å². The predicted octanol–water partition coefficient (Wildman–Crippen LogP) is 1.71. The van der Waals surface area contributed by atoms with Crippen molar-refractivity contribution in [1.29, 1.82) is 0 Å². The van der Waals surface area contributed by atoms with Gasteiger partial charge < -0.3 is 14.9 Å². The second-order valence-electron chi connectivity index (χ2n) is 5.94. The summed E-state index contributed by atoms with van der Waals surface area (Å²) in [7, 11) is -2.65. The minimum Gasteiger partial charge on any atom is -0.506 e. The van der Waals surface area contributed by atoms with Crippen molar-refractivity contribution in [3.8, 4) is 5.75 Å². The monoisotopic (exact) mass is 390 g/mol. The molecular weight excluding hydrogens is 372 g/mol. The maximum Gasteiger partial charge on any atom is 0.330 e. The van der Waals surface area contributed by atoms with Gasteiger partial charge >= 0.3 is 16.2 Å². The summed E-state index contributed by atoms with van der Waals surface area (Å²) in [5.74, 6) is -1.14. The second kappa shape index (κ2) is 7.20. The average Bonchev–Trinajstić information content (AvgIpc) is 2.89. The number of aliphatic hydroxyl groups is 1. The number of anilines is 1. The molecule has 1 heterocycles. The van der Waals surface area contributed by atoms with Crippen LogP contribution in [0.4, 0.5) is 5.69 Å². The Hall–Kier alpha value is -3.20. The number of carbonyl (C=O) groups is 1. The number of nitrogens with zero attached hydrogens (tertiary/aromatic N) is 1. The lowest BCUT2D eigenvalue weighted by Gasteiger charge is -2.16. The number of esters is 1. The summed E-state index contributed by atoms with van der Waals surface area (Å²) >= 11 is 0. The van der Waals surface area contributed by atoms with Gasteiger partial charge in [0, 0.05) is 0 Å². The Labute approximate surface area is 156 Å². The van der Waals surface area contributed by atoms with Gasteiger partial charge in [0.05, 0.1) is 19.7 Å². The minimum absolute atomic E-state index is 0.0122. The molecule has 1 aliphatic rings. The van der Waals surface area contributed by atoms with E-state index in [0.29, 0.717) is 6.42 Å². The van der Waals surface area contributed by atoms with Crippen molar-refractivity contribution in [2.45, 2.75) is 12.8 Å². The van der Waals surface area contributed by atoms with Gasteiger partial charge in [0.2, 0.25) is 5.88 Å². The van der Waals surface area contributed by atoms with Crippen LogP contribution in [0.15, 0.2) is 54.5 Å². The van der Waals surface area contributed by atoms with Crippen LogP contribution in [0.3, 0.4) is 0 Å². The number of aliphatic hydroxyl groups excluding tert-OH is 1. The first-order chi connectivity index (χ1) is 12.8. The summed E-state index contributed by atoms with van der Waals surface area (Å²) in [4.78, 5) is 11.6. The summed E-state index contributed by atoms with van der Waals surface area (Å²) in [6, 6.07) is 11.9. The highest BCUT2D eigenvalue weighted by atomic mass is 32.2. The number of nitrogens with one attached hydrogen (secondary N) is 1. The van der Waals surface area contributed by atoms with Crippen LogP contribution < -0.4 is 9.03 Å². The Morgan fingerprint density at radius 2 is 1.85 bits per heavy atom. The number of hydrogen-bond donors (Lipinski definition) is 3. The molecule has 0 atom stereocenters. The average molecular weight is 390 g/mol. The highest BCUT2D eigenvalue weighted by molar-refractivity contribution is 7.91. The maximum absolute atomic E-state index is 11.9. The first-order valence-electron chi connectivity index (χ1n) is 7.98. The van der Waals surface area contributed by atoms with Crippen LogP contribution in [-0.2, 0) is 32.6 Å². The van der Waals surface area contributed by atoms with E-state index in [-0.39, 0.29) is 23.8 Å². The minimum atomic E-state index is -3.98. The van der Waals surface area contributed by atoms with Crippen LogP contribution in [0.5, 0.6) is 5.75 Å². The number of phenolic OH excluding ortho intramolecular Hbond substituents is 1. The smallest absolute Gasteiger partial charge is 0.330 e. The zero-order valence-corrected chi connectivity index (χ0v) is 15.2. The Morgan fingerprint density at radius 1 is 1.15 bits per heavy atom. The van der Waals surface area contributed by atoms with Gasteiger partial charge in [-0.25, -0.2) is 9.03 Å². The number of hydrogen-bond acceptors (Lipinski definition) is 6. The zero-order chi connectivity index (χ0) is 19.6. The topological polar surface area (TPSA) is 116 Å². The van der Waals surface area contributed by atoms with Crippen molar-refractivity contribution < 1.29 is 28.2 Å². The molecule has 8 nitrogen and oxygen atoms in total. The standard InChI is InChI=1S/C18H18N2O6S/c1-26-18(23)10-14-5-3-2-4-13(14)8-12-6-7-15(16(21)9-12)20-11-17(22)19-27(20,24)25/h2-7,9,11,19,21-22H,8,10H2,1H3. The van der Waals surface area contributed by atoms with E-state index in [4.69, 9.17) is 4.74 Å². The normalized spacial score (nSPS) is 15.1. The lowest BCUT2D eigenvalue weighted by atomic mass is 9.97. The SMILES string of the molecule is COC(=O)Cc1ccccc1Cc1ccc(N2C=C(O)NS2(=O)=O)c(O)c1. The molecule has 0 fully saturated rings. The molecule has 27 heavy (non-hydrogen) atoms. The third kappa shape index (κ3) is 3.98. The van der Waals surface area contributed by atoms with Gasteiger partial charge in [-0.05, 0) is 35.2 Å². The van der Waals surface area contributed by atoms with Gasteiger partial charge in [0.15, 0.2) is 0 Å². The summed E-state index contributed by atoms with van der Waals surface area (Å²) in [6.45, 7) is 0. The number of rotatable bonds is 5. The van der Waals surface area contributed by atoms with E-state index in [1.165, 1.54) is 19.2 Å². The van der Waals surface area contributed by atoms with Gasteiger partial charge in [-0.1, -0.05) is 30.3 Å². The fraction of sp³-hybridized carbons (Fsp3) is 0.167. The first-order valence-corrected chi connectivity index (χ1v) is 9.42. The van der Waals surface area contributed by atoms with Crippen molar-refractivity contribution in [3.05, 3.63) is 71.2 Å². The van der Waals surface area contributed by atoms with Crippen LogP contribution >= 0.6 is 0 Å². The molecule has 0 aromatic heterocycles. The molecule has 1 aliphatic heterocycles. The summed E-state index contributed by atoms with van der Waals surface area (Å²) in [5, 5.41) is 19.7. The lowest BCUT2D eigenvalue weighted by molar-refractivity contribution is -0.139. The molecule has 0 bridgehead atoms. The van der Waals surface area contributed by atoms with Gasteiger partial charge in [-0.3, -0.25) is 4.79 Å². The molecule has 3 N–H and O–H groups in total. The zero-order valence-electron chi connectivity index (χ0n) is 14.4. The second-order valence-corrected chi connectivity index (χ2v) is 7.49. The van der Waals surface area contributed by atoms with E-state index in [1.54, 1.807) is 6.07 Å². The molecule has 9 heteroatoms. The highest BCUT2D eigenvalue weighted by Gasteiger charge is 2.30. The van der Waals surface area contributed by atoms with Gasteiger partial charge in [0.1, 0.15) is 11.4 Å². The molecule has 0 amide bonds. The third-order valence-electron chi connectivity index (χ3n) is 4.08. The van der Waals surface area contributed by atoms with Gasteiger partial charge in [-0.2, -0.15) is 8.42 Å². The Kier molecular flexibility index (Phi) is 4.95. The van der Waals surface area contributed by atoms with Crippen molar-refractivity contribution in [2.24, 2.45) is 0 Å². The summed E-state index contributed by atoms with van der Waals surface area (Å²) < 4.78 is 31.2. The number of ether oxygens (including phenoxy) is 1. The molecule has 0 aliphatic carbocycles. The quantitative estimate of drug-likeness (QED) is 0.670. The molecule has 0 radical (unpaired) electrons. The summed E-state index contributed by atoms with van der Waals surface area (Å²) in [5.41, 5.74) is 2.44. The summed E-state index contributed by atoms with van der Waals surface area (Å²) in [6.07, 6.45) is 1.54. The van der Waals surface area contributed by atoms with Crippen LogP contribution in [0.2, 0.25) is 0 Å². The molecule has 0 unspecified atom stereocenters. The van der Waals surface area contributed by atoms with Crippen molar-refractivity contribution >= 4 is 21.9 Å². The van der Waals surface area contributed by atoms with Crippen molar-refractivity contribution in [2.75, 3.05) is 11.4 Å². The number of carbonyl (C=O) groups excluding carboxylic acids is 1. The van der Waals surface area contributed by atoms with E-state index in [0.717, 1.165) is 27.2 Å². The largest absolute Gasteiger partial charge is 0.506 e. The molecule has 3 rings (SSSR count). The van der Waals surface area contributed by atoms with E-state index in [1.807, 2.05) is 29.0 Å². The van der Waals surface area contributed by atoms with E-state index in [2.05, 4.69) is 0 Å². The van der Waals surface area contributed by atoms with Crippen molar-refractivity contribution in [1.82, 2.24) is 4.72 Å². The number of phenols is 1. The third-order valence-corrected chi connectivity index (χ3v) is 5.37. The Bertz CT molecular complexity index is 1020. The molecule has 0 saturated carbocycles. The fourth-order valence-corrected chi connectivity index (χ4v) is 3.87. The molecule has 2 aromatic rings. The molecule has 142 valence electrons. The lowest BCUT2D eigenvalue weighted by Crippen LogP contribution is -2.29. The molecule has 0 saturated heterocycles. The predicted molar refractivity (Wildman–Crippen MR) is 98.3 cm³/mol. The fourth-order valence-electron chi connectivity index (χ4n) is 2.80. The first kappa shape index (κ1) is 18.6. The Balaban J connectivity index is 1.87. The van der Waals surface area contributed by atoms with Crippen LogP contribution in [-0.4, -0.2) is 31.7 Å². The van der Waals surface area contributed by atoms with E-state index in [9.17, 15) is 23.4 Å². The molecule has 2 aromatic carbocycles. The number of benzene rings is 2. The Morgan fingerprint density at radius 3 is 2.44 bits per heavy atom. The van der Waals surface area contributed by atoms with E-state index >= 15 is 0 Å². The maximum atomic E-state index is 11.9. The van der Waals surface area contributed by atoms with Crippen LogP contribution in [0.1, 0.15) is 16.7 Å².